The van der Waals surface area contributed by atoms with Crippen LogP contribution in [-0.4, -0.2) is 18.9 Å². The Morgan fingerprint density at radius 2 is 2.16 bits per heavy atom. The van der Waals surface area contributed by atoms with E-state index < -0.39 is 5.97 Å². The molecule has 0 saturated carbocycles. The molecule has 0 unspecified atom stereocenters. The summed E-state index contributed by atoms with van der Waals surface area (Å²) in [5.41, 5.74) is 0.125. The van der Waals surface area contributed by atoms with E-state index in [4.69, 9.17) is 9.15 Å². The fourth-order valence-electron chi connectivity index (χ4n) is 1.58. The molecule has 0 aliphatic heterocycles. The van der Waals surface area contributed by atoms with Crippen LogP contribution in [0.5, 0.6) is 0 Å². The lowest BCUT2D eigenvalue weighted by Gasteiger charge is -2.04. The molecule has 5 nitrogen and oxygen atoms in total. The fourth-order valence-corrected chi connectivity index (χ4v) is 2.02. The minimum Gasteiger partial charge on any atom is -0.460 e. The molecule has 98 valence electrons. The quantitative estimate of drug-likeness (QED) is 0.640. The van der Waals surface area contributed by atoms with E-state index in [1.807, 2.05) is 0 Å². The van der Waals surface area contributed by atoms with Crippen LogP contribution >= 0.6 is 15.9 Å². The van der Waals surface area contributed by atoms with Gasteiger partial charge in [0.25, 0.3) is 0 Å². The van der Waals surface area contributed by atoms with Crippen LogP contribution in [0.3, 0.4) is 0 Å². The van der Waals surface area contributed by atoms with Gasteiger partial charge < -0.3 is 9.15 Å². The normalized spacial score (nSPS) is 10.4. The average molecular weight is 325 g/mol. The molecule has 0 fully saturated rings. The van der Waals surface area contributed by atoms with Gasteiger partial charge in [0.05, 0.1) is 12.0 Å². The summed E-state index contributed by atoms with van der Waals surface area (Å²) in [5.74, 6) is -0.893. The molecular formula is C13H9BrO5. The number of hydrogen-bond acceptors (Lipinski definition) is 5. The monoisotopic (exact) mass is 324 g/mol. The Kier molecular flexibility index (Phi) is 3.80. The van der Waals surface area contributed by atoms with Gasteiger partial charge in [-0.2, -0.15) is 0 Å². The molecule has 0 atom stereocenters. The summed E-state index contributed by atoms with van der Waals surface area (Å²) in [6.07, 6.45) is 0.626. The van der Waals surface area contributed by atoms with E-state index in [0.717, 1.165) is 6.07 Å². The number of rotatable bonds is 3. The maximum Gasteiger partial charge on any atom is 0.374 e. The number of halogens is 1. The molecule has 1 aromatic carbocycles. The summed E-state index contributed by atoms with van der Waals surface area (Å²) >= 11 is 3.18. The lowest BCUT2D eigenvalue weighted by molar-refractivity contribution is 0.0490. The third kappa shape index (κ3) is 2.58. The predicted molar refractivity (Wildman–Crippen MR) is 71.5 cm³/mol. The van der Waals surface area contributed by atoms with Crippen molar-refractivity contribution >= 4 is 39.2 Å². The molecule has 0 bridgehead atoms. The SMILES string of the molecule is CCOC(=O)c1cc(=O)c2cc(Br)c(C=O)cc2o1. The van der Waals surface area contributed by atoms with Gasteiger partial charge in [-0.3, -0.25) is 9.59 Å². The van der Waals surface area contributed by atoms with Gasteiger partial charge >= 0.3 is 5.97 Å². The minimum absolute atomic E-state index is 0.167. The maximum absolute atomic E-state index is 11.9. The van der Waals surface area contributed by atoms with E-state index in [9.17, 15) is 14.4 Å². The van der Waals surface area contributed by atoms with Gasteiger partial charge in [-0.05, 0) is 19.1 Å². The van der Waals surface area contributed by atoms with Gasteiger partial charge in [-0.25, -0.2) is 4.79 Å². The highest BCUT2D eigenvalue weighted by Crippen LogP contribution is 2.22. The van der Waals surface area contributed by atoms with Crippen molar-refractivity contribution < 1.29 is 18.7 Å². The lowest BCUT2D eigenvalue weighted by atomic mass is 10.1. The van der Waals surface area contributed by atoms with Crippen molar-refractivity contribution in [2.24, 2.45) is 0 Å². The average Bonchev–Trinajstić information content (AvgIpc) is 2.39. The van der Waals surface area contributed by atoms with Crippen molar-refractivity contribution in [1.82, 2.24) is 0 Å². The maximum atomic E-state index is 11.9. The number of carbonyl (C=O) groups is 2. The molecule has 0 aliphatic carbocycles. The zero-order chi connectivity index (χ0) is 14.0. The van der Waals surface area contributed by atoms with E-state index in [2.05, 4.69) is 15.9 Å². The summed E-state index contributed by atoms with van der Waals surface area (Å²) < 4.78 is 10.6. The van der Waals surface area contributed by atoms with Crippen molar-refractivity contribution in [1.29, 1.82) is 0 Å². The van der Waals surface area contributed by atoms with Crippen molar-refractivity contribution in [2.45, 2.75) is 6.92 Å². The van der Waals surface area contributed by atoms with Crippen LogP contribution in [0.1, 0.15) is 27.8 Å². The number of benzene rings is 1. The topological polar surface area (TPSA) is 73.6 Å². The molecule has 2 rings (SSSR count). The zero-order valence-corrected chi connectivity index (χ0v) is 11.5. The third-order valence-corrected chi connectivity index (χ3v) is 3.14. The molecule has 0 aliphatic rings. The van der Waals surface area contributed by atoms with E-state index in [0.29, 0.717) is 16.3 Å². The fraction of sp³-hybridized carbons (Fsp3) is 0.154. The summed E-state index contributed by atoms with van der Waals surface area (Å²) in [6.45, 7) is 1.83. The molecular weight excluding hydrogens is 316 g/mol. The van der Waals surface area contributed by atoms with Crippen molar-refractivity contribution in [3.05, 3.63) is 44.2 Å². The number of aldehydes is 1. The van der Waals surface area contributed by atoms with Gasteiger partial charge in [-0.1, -0.05) is 15.9 Å². The first kappa shape index (κ1) is 13.5. The van der Waals surface area contributed by atoms with Crippen LogP contribution in [-0.2, 0) is 4.74 Å². The highest BCUT2D eigenvalue weighted by atomic mass is 79.9. The standard InChI is InChI=1S/C13H9BrO5/c1-2-18-13(17)12-5-10(16)8-4-9(14)7(6-15)3-11(8)19-12/h3-6H,2H2,1H3. The summed E-state index contributed by atoms with van der Waals surface area (Å²) in [5, 5.41) is 0.283. The second-order valence-electron chi connectivity index (χ2n) is 3.68. The molecule has 0 N–H and O–H groups in total. The van der Waals surface area contributed by atoms with Crippen LogP contribution in [0.25, 0.3) is 11.0 Å². The summed E-state index contributed by atoms with van der Waals surface area (Å²) in [4.78, 5) is 34.2. The van der Waals surface area contributed by atoms with E-state index in [1.165, 1.54) is 12.1 Å². The van der Waals surface area contributed by atoms with E-state index in [-0.39, 0.29) is 28.8 Å². The van der Waals surface area contributed by atoms with Crippen LogP contribution in [0, 0.1) is 0 Å². The van der Waals surface area contributed by atoms with Gasteiger partial charge in [0.15, 0.2) is 11.7 Å². The van der Waals surface area contributed by atoms with Crippen molar-refractivity contribution in [3.8, 4) is 0 Å². The second-order valence-corrected chi connectivity index (χ2v) is 4.54. The molecule has 0 radical (unpaired) electrons. The largest absolute Gasteiger partial charge is 0.460 e. The Bertz CT molecular complexity index is 717. The molecule has 19 heavy (non-hydrogen) atoms. The van der Waals surface area contributed by atoms with Gasteiger partial charge in [0.1, 0.15) is 5.58 Å². The van der Waals surface area contributed by atoms with E-state index >= 15 is 0 Å². The first-order valence-electron chi connectivity index (χ1n) is 5.46. The minimum atomic E-state index is -0.711. The number of ether oxygens (including phenoxy) is 1. The van der Waals surface area contributed by atoms with Crippen molar-refractivity contribution in [2.75, 3.05) is 6.61 Å². The number of fused-ring (bicyclic) bond motifs is 1. The van der Waals surface area contributed by atoms with Crippen LogP contribution in [0.4, 0.5) is 0 Å². The Labute approximate surface area is 116 Å². The van der Waals surface area contributed by atoms with Gasteiger partial charge in [0.2, 0.25) is 5.76 Å². The molecule has 2 aromatic rings. The number of hydrogen-bond donors (Lipinski definition) is 0. The molecule has 0 amide bonds. The molecule has 6 heteroatoms. The van der Waals surface area contributed by atoms with Crippen molar-refractivity contribution in [3.63, 3.8) is 0 Å². The predicted octanol–water partition coefficient (Wildman–Crippen LogP) is 2.54. The first-order chi connectivity index (χ1) is 9.06. The Hall–Kier alpha value is -1.95. The number of carbonyl (C=O) groups excluding carboxylic acids is 2. The number of esters is 1. The Morgan fingerprint density at radius 1 is 1.42 bits per heavy atom. The molecule has 1 aromatic heterocycles. The highest BCUT2D eigenvalue weighted by molar-refractivity contribution is 9.10. The smallest absolute Gasteiger partial charge is 0.374 e. The Morgan fingerprint density at radius 3 is 2.79 bits per heavy atom. The second kappa shape index (κ2) is 5.36. The summed E-state index contributed by atoms with van der Waals surface area (Å²) in [7, 11) is 0. The van der Waals surface area contributed by atoms with Gasteiger partial charge in [0, 0.05) is 16.1 Å². The summed E-state index contributed by atoms with van der Waals surface area (Å²) in [6, 6.07) is 3.96. The molecule has 1 heterocycles. The first-order valence-corrected chi connectivity index (χ1v) is 6.25. The highest BCUT2D eigenvalue weighted by Gasteiger charge is 2.14. The molecule has 0 spiro atoms. The van der Waals surface area contributed by atoms with Gasteiger partial charge in [-0.15, -0.1) is 0 Å². The van der Waals surface area contributed by atoms with Crippen LogP contribution in [0.15, 0.2) is 31.9 Å². The lowest BCUT2D eigenvalue weighted by Crippen LogP contribution is -2.10. The Balaban J connectivity index is 2.68. The zero-order valence-electron chi connectivity index (χ0n) is 9.94. The van der Waals surface area contributed by atoms with Crippen LogP contribution in [0.2, 0.25) is 0 Å². The molecule has 0 saturated heterocycles. The van der Waals surface area contributed by atoms with E-state index in [1.54, 1.807) is 6.92 Å². The third-order valence-electron chi connectivity index (χ3n) is 2.45. The van der Waals surface area contributed by atoms with Crippen LogP contribution < -0.4 is 5.43 Å².